The van der Waals surface area contributed by atoms with Crippen LogP contribution in [0.25, 0.3) is 22.6 Å². The van der Waals surface area contributed by atoms with Gasteiger partial charge in [0.1, 0.15) is 11.9 Å². The zero-order valence-electron chi connectivity index (χ0n) is 11.5. The van der Waals surface area contributed by atoms with Crippen LogP contribution < -0.4 is 5.73 Å². The molecule has 22 heavy (non-hydrogen) atoms. The molecule has 1 aromatic heterocycles. The molecule has 0 fully saturated rings. The van der Waals surface area contributed by atoms with Crippen molar-refractivity contribution in [3.05, 3.63) is 64.4 Å². The molecule has 0 atom stereocenters. The highest BCUT2D eigenvalue weighted by molar-refractivity contribution is 9.10. The Balaban J connectivity index is 2.14. The van der Waals surface area contributed by atoms with Crippen LogP contribution in [0.1, 0.15) is 11.4 Å². The van der Waals surface area contributed by atoms with Crippen molar-refractivity contribution in [1.29, 1.82) is 5.26 Å². The fraction of sp³-hybridized carbons (Fsp3) is 0. The SMILES string of the molecule is N#CC(=Cc1cccc(Br)c1)c1nc(N)c2ccccc2n1. The van der Waals surface area contributed by atoms with Gasteiger partial charge in [-0.1, -0.05) is 40.2 Å². The molecular formula is C17H11BrN4. The number of hydrogen-bond acceptors (Lipinski definition) is 4. The van der Waals surface area contributed by atoms with E-state index in [4.69, 9.17) is 5.73 Å². The lowest BCUT2D eigenvalue weighted by Gasteiger charge is -2.04. The molecule has 4 nitrogen and oxygen atoms in total. The van der Waals surface area contributed by atoms with Crippen molar-refractivity contribution in [3.8, 4) is 6.07 Å². The first-order chi connectivity index (χ1) is 10.7. The number of nitrogens with zero attached hydrogens (tertiary/aromatic N) is 3. The lowest BCUT2D eigenvalue weighted by Crippen LogP contribution is -2.00. The average molecular weight is 351 g/mol. The highest BCUT2D eigenvalue weighted by Crippen LogP contribution is 2.22. The first kappa shape index (κ1) is 14.2. The molecule has 0 radical (unpaired) electrons. The lowest BCUT2D eigenvalue weighted by atomic mass is 10.1. The van der Waals surface area contributed by atoms with Gasteiger partial charge in [-0.3, -0.25) is 0 Å². The summed E-state index contributed by atoms with van der Waals surface area (Å²) in [5.41, 5.74) is 7.96. The van der Waals surface area contributed by atoms with Gasteiger partial charge in [0.05, 0.1) is 11.1 Å². The molecule has 106 valence electrons. The molecule has 3 rings (SSSR count). The van der Waals surface area contributed by atoms with Crippen molar-refractivity contribution < 1.29 is 0 Å². The number of anilines is 1. The maximum atomic E-state index is 9.42. The largest absolute Gasteiger partial charge is 0.383 e. The number of allylic oxidation sites excluding steroid dienone is 1. The van der Waals surface area contributed by atoms with Crippen LogP contribution in [0.3, 0.4) is 0 Å². The smallest absolute Gasteiger partial charge is 0.172 e. The Bertz CT molecular complexity index is 925. The molecule has 0 saturated heterocycles. The van der Waals surface area contributed by atoms with Gasteiger partial charge in [-0.05, 0) is 35.9 Å². The molecule has 3 aromatic rings. The Labute approximate surface area is 136 Å². The summed E-state index contributed by atoms with van der Waals surface area (Å²) in [5.74, 6) is 0.703. The predicted octanol–water partition coefficient (Wildman–Crippen LogP) is 4.04. The van der Waals surface area contributed by atoms with E-state index >= 15 is 0 Å². The first-order valence-corrected chi connectivity index (χ1v) is 7.36. The van der Waals surface area contributed by atoms with Crippen molar-refractivity contribution >= 4 is 44.3 Å². The molecule has 2 N–H and O–H groups in total. The van der Waals surface area contributed by atoms with Crippen LogP contribution in [0.4, 0.5) is 5.82 Å². The molecule has 5 heteroatoms. The minimum atomic E-state index is 0.332. The van der Waals surface area contributed by atoms with E-state index in [1.807, 2.05) is 48.5 Å². The van der Waals surface area contributed by atoms with Crippen LogP contribution in [0.15, 0.2) is 53.0 Å². The van der Waals surface area contributed by atoms with Crippen LogP contribution in [0.5, 0.6) is 0 Å². The minimum absolute atomic E-state index is 0.332. The molecule has 1 heterocycles. The number of nitriles is 1. The Kier molecular flexibility index (Phi) is 3.86. The number of nitrogen functional groups attached to an aromatic ring is 1. The summed E-state index contributed by atoms with van der Waals surface area (Å²) >= 11 is 3.41. The summed E-state index contributed by atoms with van der Waals surface area (Å²) in [6.45, 7) is 0. The second-order valence-electron chi connectivity index (χ2n) is 4.67. The number of aromatic nitrogens is 2. The zero-order chi connectivity index (χ0) is 15.5. The van der Waals surface area contributed by atoms with Crippen molar-refractivity contribution in [3.63, 3.8) is 0 Å². The number of nitrogens with two attached hydrogens (primary N) is 1. The monoisotopic (exact) mass is 350 g/mol. The van der Waals surface area contributed by atoms with Crippen LogP contribution in [0, 0.1) is 11.3 Å². The van der Waals surface area contributed by atoms with Crippen molar-refractivity contribution in [2.75, 3.05) is 5.73 Å². The third-order valence-corrected chi connectivity index (χ3v) is 3.65. The molecule has 2 aromatic carbocycles. The summed E-state index contributed by atoms with van der Waals surface area (Å²) in [6, 6.07) is 17.3. The molecule has 0 aliphatic rings. The molecule has 0 amide bonds. The molecule has 0 aliphatic carbocycles. The number of benzene rings is 2. The highest BCUT2D eigenvalue weighted by Gasteiger charge is 2.09. The number of fused-ring (bicyclic) bond motifs is 1. The predicted molar refractivity (Wildman–Crippen MR) is 91.6 cm³/mol. The van der Waals surface area contributed by atoms with Gasteiger partial charge < -0.3 is 5.73 Å². The van der Waals surface area contributed by atoms with Crippen LogP contribution in [0.2, 0.25) is 0 Å². The van der Waals surface area contributed by atoms with Gasteiger partial charge in [-0.15, -0.1) is 0 Å². The van der Waals surface area contributed by atoms with Gasteiger partial charge in [-0.25, -0.2) is 9.97 Å². The third-order valence-electron chi connectivity index (χ3n) is 3.15. The lowest BCUT2D eigenvalue weighted by molar-refractivity contribution is 1.18. The number of hydrogen-bond donors (Lipinski definition) is 1. The maximum absolute atomic E-state index is 9.42. The van der Waals surface area contributed by atoms with Gasteiger partial charge in [0.2, 0.25) is 0 Å². The van der Waals surface area contributed by atoms with Gasteiger partial charge in [0, 0.05) is 9.86 Å². The number of para-hydroxylation sites is 1. The fourth-order valence-electron chi connectivity index (χ4n) is 2.13. The summed E-state index contributed by atoms with van der Waals surface area (Å²) in [4.78, 5) is 8.69. The number of rotatable bonds is 2. The van der Waals surface area contributed by atoms with Gasteiger partial charge in [0.15, 0.2) is 5.82 Å². The summed E-state index contributed by atoms with van der Waals surface area (Å²) in [7, 11) is 0. The summed E-state index contributed by atoms with van der Waals surface area (Å²) in [5, 5.41) is 10.2. The molecule has 0 saturated carbocycles. The van der Waals surface area contributed by atoms with E-state index in [0.29, 0.717) is 17.2 Å². The molecule has 0 bridgehead atoms. The second-order valence-corrected chi connectivity index (χ2v) is 5.59. The standard InChI is InChI=1S/C17H11BrN4/c18-13-5-3-4-11(9-13)8-12(10-19)17-21-15-7-2-1-6-14(15)16(20)22-17/h1-9H,(H2,20,21,22). The maximum Gasteiger partial charge on any atom is 0.172 e. The summed E-state index contributed by atoms with van der Waals surface area (Å²) in [6.07, 6.45) is 1.74. The van der Waals surface area contributed by atoms with Gasteiger partial charge >= 0.3 is 0 Å². The van der Waals surface area contributed by atoms with E-state index in [9.17, 15) is 5.26 Å². The molecular weight excluding hydrogens is 340 g/mol. The van der Waals surface area contributed by atoms with Crippen molar-refractivity contribution in [2.45, 2.75) is 0 Å². The van der Waals surface area contributed by atoms with Crippen LogP contribution in [-0.2, 0) is 0 Å². The molecule has 0 unspecified atom stereocenters. The average Bonchev–Trinajstić information content (AvgIpc) is 2.52. The van der Waals surface area contributed by atoms with E-state index in [1.165, 1.54) is 0 Å². The zero-order valence-corrected chi connectivity index (χ0v) is 13.1. The van der Waals surface area contributed by atoms with E-state index in [1.54, 1.807) is 6.08 Å². The summed E-state index contributed by atoms with van der Waals surface area (Å²) < 4.78 is 0.942. The third kappa shape index (κ3) is 2.83. The van der Waals surface area contributed by atoms with Crippen LogP contribution >= 0.6 is 15.9 Å². The Morgan fingerprint density at radius 3 is 2.73 bits per heavy atom. The van der Waals surface area contributed by atoms with E-state index < -0.39 is 0 Å². The van der Waals surface area contributed by atoms with Crippen LogP contribution in [-0.4, -0.2) is 9.97 Å². The topological polar surface area (TPSA) is 75.6 Å². The Morgan fingerprint density at radius 2 is 1.95 bits per heavy atom. The Morgan fingerprint density at radius 1 is 1.14 bits per heavy atom. The second kappa shape index (κ2) is 5.96. The quantitative estimate of drug-likeness (QED) is 0.707. The van der Waals surface area contributed by atoms with Gasteiger partial charge in [-0.2, -0.15) is 5.26 Å². The minimum Gasteiger partial charge on any atom is -0.383 e. The fourth-order valence-corrected chi connectivity index (χ4v) is 2.55. The van der Waals surface area contributed by atoms with E-state index in [2.05, 4.69) is 32.0 Å². The van der Waals surface area contributed by atoms with Crippen molar-refractivity contribution in [1.82, 2.24) is 9.97 Å². The van der Waals surface area contributed by atoms with Gasteiger partial charge in [0.25, 0.3) is 0 Å². The number of halogens is 1. The molecule has 0 spiro atoms. The van der Waals surface area contributed by atoms with E-state index in [-0.39, 0.29) is 0 Å². The highest BCUT2D eigenvalue weighted by atomic mass is 79.9. The van der Waals surface area contributed by atoms with Crippen molar-refractivity contribution in [2.24, 2.45) is 0 Å². The Hall–Kier alpha value is -2.71. The normalized spacial score (nSPS) is 11.4. The molecule has 0 aliphatic heterocycles. The van der Waals surface area contributed by atoms with E-state index in [0.717, 1.165) is 20.9 Å². The first-order valence-electron chi connectivity index (χ1n) is 6.57.